The lowest BCUT2D eigenvalue weighted by molar-refractivity contribution is -0.132. The molecule has 4 rings (SSSR count). The van der Waals surface area contributed by atoms with Crippen LogP contribution in [0.3, 0.4) is 0 Å². The topological polar surface area (TPSA) is 87.1 Å². The van der Waals surface area contributed by atoms with E-state index in [2.05, 4.69) is 0 Å². The van der Waals surface area contributed by atoms with Gasteiger partial charge in [0, 0.05) is 11.3 Å². The maximum Gasteiger partial charge on any atom is 0.300 e. The second kappa shape index (κ2) is 8.77. The van der Waals surface area contributed by atoms with Crippen molar-refractivity contribution in [3.05, 3.63) is 94.5 Å². The third kappa shape index (κ3) is 3.81. The predicted molar refractivity (Wildman–Crippen MR) is 122 cm³/mol. The number of hydrogen-bond acceptors (Lipinski definition) is 5. The first kappa shape index (κ1) is 21.5. The summed E-state index contributed by atoms with van der Waals surface area (Å²) in [6.07, 6.45) is 0. The quantitative estimate of drug-likeness (QED) is 0.322. The molecule has 162 valence electrons. The average molecular weight is 450 g/mol. The van der Waals surface area contributed by atoms with Crippen molar-refractivity contribution in [1.82, 2.24) is 0 Å². The molecule has 1 unspecified atom stereocenters. The van der Waals surface area contributed by atoms with Crippen molar-refractivity contribution in [2.75, 3.05) is 11.5 Å². The first-order valence-electron chi connectivity index (χ1n) is 10.00. The van der Waals surface area contributed by atoms with Gasteiger partial charge in [0.05, 0.1) is 23.2 Å². The fourth-order valence-electron chi connectivity index (χ4n) is 3.73. The number of carbonyl (C=O) groups is 2. The molecule has 1 fully saturated rings. The van der Waals surface area contributed by atoms with Gasteiger partial charge in [-0.25, -0.2) is 0 Å². The van der Waals surface area contributed by atoms with Gasteiger partial charge in [-0.3, -0.25) is 14.5 Å². The third-order valence-electron chi connectivity index (χ3n) is 5.19. The lowest BCUT2D eigenvalue weighted by Gasteiger charge is -2.25. The molecule has 3 aromatic carbocycles. The molecular weight excluding hydrogens is 430 g/mol. The minimum atomic E-state index is -0.885. The number of rotatable bonds is 5. The van der Waals surface area contributed by atoms with E-state index in [4.69, 9.17) is 16.3 Å². The number of aromatic hydroxyl groups is 1. The normalized spacial score (nSPS) is 17.6. The van der Waals surface area contributed by atoms with Crippen LogP contribution >= 0.6 is 11.6 Å². The molecule has 1 saturated heterocycles. The smallest absolute Gasteiger partial charge is 0.300 e. The van der Waals surface area contributed by atoms with Crippen LogP contribution in [0, 0.1) is 0 Å². The Morgan fingerprint density at radius 1 is 1.03 bits per heavy atom. The van der Waals surface area contributed by atoms with Gasteiger partial charge in [-0.1, -0.05) is 41.9 Å². The van der Waals surface area contributed by atoms with Gasteiger partial charge in [-0.2, -0.15) is 0 Å². The number of Topliss-reactive ketones (excluding diaryl/α,β-unsaturated/α-hetero) is 1. The minimum absolute atomic E-state index is 0.0458. The molecule has 3 aromatic rings. The minimum Gasteiger partial charge on any atom is -0.508 e. The van der Waals surface area contributed by atoms with E-state index in [0.717, 1.165) is 0 Å². The standard InChI is InChI=1S/C25H20ClNO5/c1-2-32-20-14-16(10-13-19(20)26)23(29)21-22(15-8-11-18(28)12-9-15)27(25(31)24(21)30)17-6-4-3-5-7-17/h3-14,22,28-29H,2H2,1H3/b23-21-. The Morgan fingerprint density at radius 3 is 2.38 bits per heavy atom. The summed E-state index contributed by atoms with van der Waals surface area (Å²) >= 11 is 6.16. The molecule has 32 heavy (non-hydrogen) atoms. The first-order chi connectivity index (χ1) is 15.4. The van der Waals surface area contributed by atoms with Crippen LogP contribution in [0.2, 0.25) is 5.02 Å². The van der Waals surface area contributed by atoms with E-state index in [1.807, 2.05) is 0 Å². The summed E-state index contributed by atoms with van der Waals surface area (Å²) in [5.41, 5.74) is 1.31. The number of amides is 1. The molecule has 1 heterocycles. The lowest BCUT2D eigenvalue weighted by Crippen LogP contribution is -2.29. The highest BCUT2D eigenvalue weighted by Crippen LogP contribution is 2.43. The summed E-state index contributed by atoms with van der Waals surface area (Å²) in [4.78, 5) is 27.5. The number of aliphatic hydroxyl groups is 1. The van der Waals surface area contributed by atoms with Gasteiger partial charge < -0.3 is 14.9 Å². The Hall–Kier alpha value is -3.77. The summed E-state index contributed by atoms with van der Waals surface area (Å²) in [5.74, 6) is -1.49. The van der Waals surface area contributed by atoms with Crippen molar-refractivity contribution in [2.24, 2.45) is 0 Å². The molecule has 0 aromatic heterocycles. The average Bonchev–Trinajstić information content (AvgIpc) is 3.06. The fraction of sp³-hybridized carbons (Fsp3) is 0.120. The van der Waals surface area contributed by atoms with Crippen LogP contribution in [0.1, 0.15) is 24.1 Å². The van der Waals surface area contributed by atoms with E-state index in [0.29, 0.717) is 34.2 Å². The Morgan fingerprint density at radius 2 is 1.72 bits per heavy atom. The monoisotopic (exact) mass is 449 g/mol. The summed E-state index contributed by atoms with van der Waals surface area (Å²) in [6.45, 7) is 2.18. The summed E-state index contributed by atoms with van der Waals surface area (Å²) in [7, 11) is 0. The van der Waals surface area contributed by atoms with Gasteiger partial charge >= 0.3 is 0 Å². The molecule has 1 atom stereocenters. The van der Waals surface area contributed by atoms with Gasteiger partial charge in [-0.15, -0.1) is 0 Å². The largest absolute Gasteiger partial charge is 0.508 e. The van der Waals surface area contributed by atoms with Crippen LogP contribution in [-0.2, 0) is 9.59 Å². The highest BCUT2D eigenvalue weighted by molar-refractivity contribution is 6.51. The predicted octanol–water partition coefficient (Wildman–Crippen LogP) is 5.07. The number of phenols is 1. The van der Waals surface area contributed by atoms with Gasteiger partial charge in [0.25, 0.3) is 11.7 Å². The molecule has 1 aliphatic heterocycles. The number of benzene rings is 3. The summed E-state index contributed by atoms with van der Waals surface area (Å²) < 4.78 is 5.50. The SMILES string of the molecule is CCOc1cc(/C(O)=C2/C(=O)C(=O)N(c3ccccc3)C2c2ccc(O)cc2)ccc1Cl. The molecule has 1 amide bonds. The maximum absolute atomic E-state index is 13.1. The van der Waals surface area contributed by atoms with E-state index in [1.165, 1.54) is 23.1 Å². The van der Waals surface area contributed by atoms with Gasteiger partial charge in [0.15, 0.2) is 0 Å². The number of anilines is 1. The van der Waals surface area contributed by atoms with Crippen LogP contribution in [0.15, 0.2) is 78.4 Å². The van der Waals surface area contributed by atoms with Crippen LogP contribution in [0.4, 0.5) is 5.69 Å². The van der Waals surface area contributed by atoms with Gasteiger partial charge in [0.2, 0.25) is 0 Å². The summed E-state index contributed by atoms with van der Waals surface area (Å²) in [5, 5.41) is 21.3. The number of phenolic OH excluding ortho intramolecular Hbond substituents is 1. The molecule has 2 N–H and O–H groups in total. The molecular formula is C25H20ClNO5. The zero-order valence-corrected chi connectivity index (χ0v) is 17.9. The number of ketones is 1. The zero-order valence-electron chi connectivity index (χ0n) is 17.2. The second-order valence-electron chi connectivity index (χ2n) is 7.17. The first-order valence-corrected chi connectivity index (χ1v) is 10.4. The van der Waals surface area contributed by atoms with Crippen LogP contribution in [0.5, 0.6) is 11.5 Å². The van der Waals surface area contributed by atoms with Crippen LogP contribution in [-0.4, -0.2) is 28.5 Å². The van der Waals surface area contributed by atoms with Gasteiger partial charge in [0.1, 0.15) is 17.3 Å². The van der Waals surface area contributed by atoms with Crippen molar-refractivity contribution in [3.63, 3.8) is 0 Å². The van der Waals surface area contributed by atoms with Crippen molar-refractivity contribution in [2.45, 2.75) is 13.0 Å². The molecule has 0 aliphatic carbocycles. The Kier molecular flexibility index (Phi) is 5.88. The summed E-state index contributed by atoms with van der Waals surface area (Å²) in [6, 6.07) is 18.7. The highest BCUT2D eigenvalue weighted by atomic mass is 35.5. The Bertz CT molecular complexity index is 1200. The molecule has 7 heteroatoms. The van der Waals surface area contributed by atoms with E-state index >= 15 is 0 Å². The fourth-order valence-corrected chi connectivity index (χ4v) is 3.90. The maximum atomic E-state index is 13.1. The molecule has 6 nitrogen and oxygen atoms in total. The number of ether oxygens (including phenoxy) is 1. The Balaban J connectivity index is 1.92. The van der Waals surface area contributed by atoms with Gasteiger partial charge in [-0.05, 0) is 55.0 Å². The third-order valence-corrected chi connectivity index (χ3v) is 5.50. The van der Waals surface area contributed by atoms with E-state index in [9.17, 15) is 19.8 Å². The van der Waals surface area contributed by atoms with E-state index in [-0.39, 0.29) is 17.1 Å². The van der Waals surface area contributed by atoms with Crippen LogP contribution < -0.4 is 9.64 Å². The number of para-hydroxylation sites is 1. The molecule has 0 spiro atoms. The van der Waals surface area contributed by atoms with E-state index in [1.54, 1.807) is 61.5 Å². The highest BCUT2D eigenvalue weighted by Gasteiger charge is 2.46. The lowest BCUT2D eigenvalue weighted by atomic mass is 9.95. The number of aliphatic hydroxyl groups excluding tert-OH is 1. The second-order valence-corrected chi connectivity index (χ2v) is 7.58. The van der Waals surface area contributed by atoms with Crippen molar-refractivity contribution < 1.29 is 24.5 Å². The number of nitrogens with zero attached hydrogens (tertiary/aromatic N) is 1. The van der Waals surface area contributed by atoms with Crippen LogP contribution in [0.25, 0.3) is 5.76 Å². The molecule has 0 bridgehead atoms. The number of halogens is 1. The van der Waals surface area contributed by atoms with E-state index < -0.39 is 17.7 Å². The Labute approximate surface area is 189 Å². The number of hydrogen-bond donors (Lipinski definition) is 2. The van der Waals surface area contributed by atoms with Crippen molar-refractivity contribution in [3.8, 4) is 11.5 Å². The number of carbonyl (C=O) groups excluding carboxylic acids is 2. The van der Waals surface area contributed by atoms with Crippen molar-refractivity contribution in [1.29, 1.82) is 0 Å². The zero-order chi connectivity index (χ0) is 22.8. The molecule has 1 aliphatic rings. The molecule has 0 radical (unpaired) electrons. The van der Waals surface area contributed by atoms with Crippen molar-refractivity contribution >= 4 is 34.7 Å². The molecule has 0 saturated carbocycles.